The number of ether oxygens (including phenoxy) is 2. The Morgan fingerprint density at radius 1 is 0.690 bits per heavy atom. The van der Waals surface area contributed by atoms with Crippen molar-refractivity contribution >= 4 is 22.3 Å². The summed E-state index contributed by atoms with van der Waals surface area (Å²) in [5, 5.41) is 0. The van der Waals surface area contributed by atoms with Gasteiger partial charge in [0.15, 0.2) is 22.8 Å². The molecule has 1 aliphatic rings. The highest BCUT2D eigenvalue weighted by Crippen LogP contribution is 2.35. The van der Waals surface area contributed by atoms with Crippen LogP contribution >= 0.6 is 0 Å². The maximum absolute atomic E-state index is 5.80. The summed E-state index contributed by atoms with van der Waals surface area (Å²) in [5.41, 5.74) is 4.87. The third kappa shape index (κ3) is 2.61. The first-order valence-corrected chi connectivity index (χ1v) is 9.47. The normalized spacial score (nSPS) is 13.1. The first-order valence-electron chi connectivity index (χ1n) is 9.47. The van der Waals surface area contributed by atoms with Crippen LogP contribution in [0.2, 0.25) is 0 Å². The van der Waals surface area contributed by atoms with E-state index in [0.29, 0.717) is 24.5 Å². The summed E-state index contributed by atoms with van der Waals surface area (Å²) in [6, 6.07) is 23.8. The van der Waals surface area contributed by atoms with Crippen LogP contribution in [-0.2, 0) is 0 Å². The molecule has 0 saturated heterocycles. The van der Waals surface area contributed by atoms with E-state index >= 15 is 0 Å². The van der Waals surface area contributed by atoms with E-state index in [4.69, 9.17) is 24.4 Å². The molecule has 0 amide bonds. The lowest BCUT2D eigenvalue weighted by atomic mass is 10.2. The third-order valence-corrected chi connectivity index (χ3v) is 4.99. The van der Waals surface area contributed by atoms with Gasteiger partial charge in [-0.2, -0.15) is 0 Å². The molecule has 2 aromatic heterocycles. The number of imidazole rings is 1. The van der Waals surface area contributed by atoms with E-state index in [-0.39, 0.29) is 0 Å². The molecule has 29 heavy (non-hydrogen) atoms. The molecule has 6 rings (SSSR count). The van der Waals surface area contributed by atoms with Crippen molar-refractivity contribution in [1.29, 1.82) is 0 Å². The Morgan fingerprint density at radius 3 is 2.24 bits per heavy atom. The fourth-order valence-corrected chi connectivity index (χ4v) is 3.65. The van der Waals surface area contributed by atoms with E-state index < -0.39 is 0 Å². The van der Waals surface area contributed by atoms with Crippen LogP contribution in [0.3, 0.4) is 0 Å². The molecule has 0 saturated carbocycles. The molecular formula is C23H16N4O2. The Morgan fingerprint density at radius 2 is 1.41 bits per heavy atom. The number of rotatable bonds is 2. The summed E-state index contributed by atoms with van der Waals surface area (Å²) in [7, 11) is 0. The number of hydrogen-bond acceptors (Lipinski definition) is 5. The van der Waals surface area contributed by atoms with E-state index in [0.717, 1.165) is 39.6 Å². The molecule has 0 unspecified atom stereocenters. The van der Waals surface area contributed by atoms with E-state index in [1.54, 1.807) is 0 Å². The van der Waals surface area contributed by atoms with E-state index in [9.17, 15) is 0 Å². The van der Waals surface area contributed by atoms with Crippen molar-refractivity contribution < 1.29 is 9.47 Å². The van der Waals surface area contributed by atoms with E-state index in [1.807, 2.05) is 77.4 Å². The van der Waals surface area contributed by atoms with Gasteiger partial charge in [0.05, 0.1) is 16.7 Å². The summed E-state index contributed by atoms with van der Waals surface area (Å²) in [6.07, 6.45) is 0. The van der Waals surface area contributed by atoms with Gasteiger partial charge in [0, 0.05) is 11.6 Å². The minimum atomic E-state index is 0.539. The van der Waals surface area contributed by atoms with Crippen LogP contribution in [0.4, 0.5) is 0 Å². The minimum Gasteiger partial charge on any atom is -0.486 e. The summed E-state index contributed by atoms with van der Waals surface area (Å²) >= 11 is 0. The van der Waals surface area contributed by atoms with Gasteiger partial charge in [0.2, 0.25) is 0 Å². The molecule has 6 heteroatoms. The van der Waals surface area contributed by atoms with Crippen molar-refractivity contribution in [1.82, 2.24) is 19.5 Å². The molecule has 6 nitrogen and oxygen atoms in total. The molecule has 3 heterocycles. The average Bonchev–Trinajstić information content (AvgIpc) is 3.16. The van der Waals surface area contributed by atoms with Crippen LogP contribution in [0, 0.1) is 0 Å². The van der Waals surface area contributed by atoms with Crippen LogP contribution in [0.5, 0.6) is 11.5 Å². The number of hydrogen-bond donors (Lipinski definition) is 0. The largest absolute Gasteiger partial charge is 0.486 e. The molecular weight excluding hydrogens is 364 g/mol. The molecule has 0 radical (unpaired) electrons. The van der Waals surface area contributed by atoms with Gasteiger partial charge in [-0.05, 0) is 24.3 Å². The van der Waals surface area contributed by atoms with Gasteiger partial charge in [-0.1, -0.05) is 42.5 Å². The second-order valence-corrected chi connectivity index (χ2v) is 6.82. The topological polar surface area (TPSA) is 62.1 Å². The van der Waals surface area contributed by atoms with Crippen LogP contribution in [0.15, 0.2) is 72.8 Å². The SMILES string of the molecule is c1ccc(-c2nc3nc4ccccc4nc3n2-c2ccc3c(c2)OCCO3)cc1. The summed E-state index contributed by atoms with van der Waals surface area (Å²) < 4.78 is 13.5. The molecule has 0 atom stereocenters. The highest BCUT2D eigenvalue weighted by molar-refractivity contribution is 5.86. The van der Waals surface area contributed by atoms with Crippen LogP contribution in [0.25, 0.3) is 39.4 Å². The number of benzene rings is 3. The maximum Gasteiger partial charge on any atom is 0.199 e. The Bertz CT molecular complexity index is 1360. The lowest BCUT2D eigenvalue weighted by molar-refractivity contribution is 0.171. The number of para-hydroxylation sites is 2. The van der Waals surface area contributed by atoms with Gasteiger partial charge in [-0.3, -0.25) is 4.57 Å². The zero-order chi connectivity index (χ0) is 19.2. The quantitative estimate of drug-likeness (QED) is 0.454. The molecule has 5 aromatic rings. The summed E-state index contributed by atoms with van der Waals surface area (Å²) in [6.45, 7) is 1.10. The molecule has 0 bridgehead atoms. The number of aromatic nitrogens is 4. The Kier molecular flexibility index (Phi) is 3.49. The number of fused-ring (bicyclic) bond motifs is 3. The van der Waals surface area contributed by atoms with Gasteiger partial charge < -0.3 is 9.47 Å². The van der Waals surface area contributed by atoms with Gasteiger partial charge >= 0.3 is 0 Å². The van der Waals surface area contributed by atoms with Crippen molar-refractivity contribution in [2.75, 3.05) is 13.2 Å². The van der Waals surface area contributed by atoms with Gasteiger partial charge in [0.25, 0.3) is 0 Å². The van der Waals surface area contributed by atoms with Crippen molar-refractivity contribution in [2.45, 2.75) is 0 Å². The molecule has 0 spiro atoms. The first kappa shape index (κ1) is 16.1. The van der Waals surface area contributed by atoms with Gasteiger partial charge in [-0.15, -0.1) is 0 Å². The van der Waals surface area contributed by atoms with Crippen molar-refractivity contribution in [3.63, 3.8) is 0 Å². The van der Waals surface area contributed by atoms with Crippen LogP contribution in [0.1, 0.15) is 0 Å². The lowest BCUT2D eigenvalue weighted by Gasteiger charge is -2.19. The van der Waals surface area contributed by atoms with Gasteiger partial charge in [-0.25, -0.2) is 15.0 Å². The van der Waals surface area contributed by atoms with E-state index in [1.165, 1.54) is 0 Å². The van der Waals surface area contributed by atoms with E-state index in [2.05, 4.69) is 0 Å². The maximum atomic E-state index is 5.80. The monoisotopic (exact) mass is 380 g/mol. The fraction of sp³-hybridized carbons (Fsp3) is 0.0870. The predicted octanol–water partition coefficient (Wildman–Crippen LogP) is 4.41. The Hall–Kier alpha value is -3.93. The molecule has 0 aliphatic carbocycles. The lowest BCUT2D eigenvalue weighted by Crippen LogP contribution is -2.15. The zero-order valence-electron chi connectivity index (χ0n) is 15.4. The van der Waals surface area contributed by atoms with Crippen molar-refractivity contribution in [3.8, 4) is 28.6 Å². The molecule has 0 fully saturated rings. The summed E-state index contributed by atoms with van der Waals surface area (Å²) in [4.78, 5) is 14.5. The molecule has 0 N–H and O–H groups in total. The fourth-order valence-electron chi connectivity index (χ4n) is 3.65. The van der Waals surface area contributed by atoms with Crippen LogP contribution in [-0.4, -0.2) is 32.7 Å². The van der Waals surface area contributed by atoms with Crippen LogP contribution < -0.4 is 9.47 Å². The highest BCUT2D eigenvalue weighted by Gasteiger charge is 2.20. The standard InChI is InChI=1S/C23H16N4O2/c1-2-6-15(7-3-1)22-26-21-23(25-18-9-5-4-8-17(18)24-21)27(22)16-10-11-19-20(14-16)29-13-12-28-19/h1-11,14H,12-13H2. The van der Waals surface area contributed by atoms with Gasteiger partial charge in [0.1, 0.15) is 19.0 Å². The summed E-state index contributed by atoms with van der Waals surface area (Å²) in [5.74, 6) is 2.26. The average molecular weight is 380 g/mol. The minimum absolute atomic E-state index is 0.539. The Balaban J connectivity index is 1.67. The molecule has 3 aromatic carbocycles. The first-order chi connectivity index (χ1) is 14.4. The molecule has 1 aliphatic heterocycles. The zero-order valence-corrected chi connectivity index (χ0v) is 15.4. The highest BCUT2D eigenvalue weighted by atomic mass is 16.6. The smallest absolute Gasteiger partial charge is 0.199 e. The Labute approximate surface area is 166 Å². The third-order valence-electron chi connectivity index (χ3n) is 4.99. The number of nitrogens with zero attached hydrogens (tertiary/aromatic N) is 4. The molecule has 140 valence electrons. The second kappa shape index (κ2) is 6.31. The second-order valence-electron chi connectivity index (χ2n) is 6.82. The predicted molar refractivity (Wildman–Crippen MR) is 111 cm³/mol. The van der Waals surface area contributed by atoms with Crippen molar-refractivity contribution in [2.24, 2.45) is 0 Å². The van der Waals surface area contributed by atoms with Crippen molar-refractivity contribution in [3.05, 3.63) is 72.8 Å².